The molecule has 0 radical (unpaired) electrons. The molecule has 0 aliphatic carbocycles. The average Bonchev–Trinajstić information content (AvgIpc) is 3.12. The summed E-state index contributed by atoms with van der Waals surface area (Å²) in [5.74, 6) is 0.459. The molecule has 38 heavy (non-hydrogen) atoms. The lowest BCUT2D eigenvalue weighted by atomic mass is 10.1. The summed E-state index contributed by atoms with van der Waals surface area (Å²) in [4.78, 5) is 14.5. The molecule has 0 aromatic heterocycles. The third-order valence-corrected chi connectivity index (χ3v) is 7.93. The van der Waals surface area contributed by atoms with Gasteiger partial charge in [0.25, 0.3) is 5.91 Å². The van der Waals surface area contributed by atoms with Crippen LogP contribution in [0.15, 0.2) is 59.5 Å². The molecular weight excluding hydrogens is 693 g/mol. The Morgan fingerprint density at radius 2 is 1.87 bits per heavy atom. The Kier molecular flexibility index (Phi) is 9.18. The van der Waals surface area contributed by atoms with Crippen LogP contribution in [-0.2, 0) is 17.6 Å². The molecule has 1 saturated heterocycles. The second-order valence-corrected chi connectivity index (χ2v) is 11.5. The van der Waals surface area contributed by atoms with Gasteiger partial charge in [0.15, 0.2) is 15.8 Å². The van der Waals surface area contributed by atoms with Crippen LogP contribution in [-0.4, -0.2) is 16.8 Å². The predicted molar refractivity (Wildman–Crippen MR) is 158 cm³/mol. The van der Waals surface area contributed by atoms with Gasteiger partial charge in [-0.25, -0.2) is 0 Å². The summed E-state index contributed by atoms with van der Waals surface area (Å²) in [6, 6.07) is 13.2. The van der Waals surface area contributed by atoms with E-state index in [1.54, 1.807) is 36.4 Å². The first-order valence-corrected chi connectivity index (χ1v) is 14.0. The normalized spacial score (nSPS) is 14.9. The summed E-state index contributed by atoms with van der Waals surface area (Å²) in [7, 11) is 0. The van der Waals surface area contributed by atoms with Crippen LogP contribution in [0, 0.1) is 3.57 Å². The zero-order valence-electron chi connectivity index (χ0n) is 19.4. The largest absolute Gasteiger partial charge is 0.490 e. The van der Waals surface area contributed by atoms with Gasteiger partial charge in [0.2, 0.25) is 0 Å². The van der Waals surface area contributed by atoms with E-state index in [0.717, 1.165) is 37.9 Å². The Morgan fingerprint density at radius 1 is 1.11 bits per heavy atom. The van der Waals surface area contributed by atoms with E-state index in [-0.39, 0.29) is 21.5 Å². The number of amides is 1. The monoisotopic (exact) mass is 709 g/mol. The average molecular weight is 710 g/mol. The summed E-state index contributed by atoms with van der Waals surface area (Å²) in [6.07, 6.45) is -2.92. The van der Waals surface area contributed by atoms with Gasteiger partial charge in [-0.2, -0.15) is 13.2 Å². The summed E-state index contributed by atoms with van der Waals surface area (Å²) in [5.41, 5.74) is 0.579. The van der Waals surface area contributed by atoms with E-state index in [4.69, 9.17) is 44.9 Å². The Hall–Kier alpha value is -1.99. The Balaban J connectivity index is 1.61. The summed E-state index contributed by atoms with van der Waals surface area (Å²) < 4.78 is 52.2. The van der Waals surface area contributed by atoms with Crippen molar-refractivity contribution in [2.24, 2.45) is 0 Å². The lowest BCUT2D eigenvalue weighted by Gasteiger charge is -2.16. The molecule has 3 aromatic carbocycles. The molecule has 0 N–H and O–H groups in total. The molecule has 12 heteroatoms. The number of ether oxygens (including phenoxy) is 2. The molecular formula is C26H17Cl2F3INO3S2. The molecule has 198 valence electrons. The number of carbonyl (C=O) groups is 1. The fraction of sp³-hybridized carbons (Fsp3) is 0.154. The lowest BCUT2D eigenvalue weighted by Crippen LogP contribution is -2.27. The molecule has 4 nitrogen and oxygen atoms in total. The zero-order valence-corrected chi connectivity index (χ0v) is 24.7. The minimum Gasteiger partial charge on any atom is -0.490 e. The third kappa shape index (κ3) is 6.59. The fourth-order valence-electron chi connectivity index (χ4n) is 3.53. The number of alkyl halides is 3. The van der Waals surface area contributed by atoms with E-state index in [9.17, 15) is 18.0 Å². The van der Waals surface area contributed by atoms with Crippen molar-refractivity contribution in [1.29, 1.82) is 0 Å². The van der Waals surface area contributed by atoms with E-state index < -0.39 is 17.6 Å². The van der Waals surface area contributed by atoms with Crippen LogP contribution >= 0.6 is 69.8 Å². The van der Waals surface area contributed by atoms with Gasteiger partial charge < -0.3 is 9.47 Å². The molecule has 0 saturated carbocycles. The van der Waals surface area contributed by atoms with Crippen LogP contribution in [0.25, 0.3) is 6.08 Å². The van der Waals surface area contributed by atoms with Crippen LogP contribution < -0.4 is 14.4 Å². The SMILES string of the molecule is CCOc1cc(/C=C2\SC(=S)N(c3cccc(C(F)(F)F)c3)C2=O)cc(I)c1OCc1ccc(Cl)cc1Cl. The Morgan fingerprint density at radius 3 is 2.55 bits per heavy atom. The van der Waals surface area contributed by atoms with Crippen LogP contribution in [0.1, 0.15) is 23.6 Å². The van der Waals surface area contributed by atoms with Gasteiger partial charge in [-0.15, -0.1) is 0 Å². The van der Waals surface area contributed by atoms with Crippen molar-refractivity contribution < 1.29 is 27.4 Å². The van der Waals surface area contributed by atoms with Gasteiger partial charge in [0.05, 0.1) is 26.3 Å². The molecule has 0 unspecified atom stereocenters. The minimum atomic E-state index is -4.54. The molecule has 1 aliphatic heterocycles. The second kappa shape index (κ2) is 12.0. The van der Waals surface area contributed by atoms with Gasteiger partial charge in [0, 0.05) is 15.6 Å². The molecule has 0 spiro atoms. The van der Waals surface area contributed by atoms with E-state index in [1.165, 1.54) is 12.1 Å². The third-order valence-electron chi connectivity index (χ3n) is 5.24. The number of rotatable bonds is 7. The molecule has 0 atom stereocenters. The number of carbonyl (C=O) groups excluding carboxylic acids is 1. The fourth-order valence-corrected chi connectivity index (χ4v) is 6.07. The predicted octanol–water partition coefficient (Wildman–Crippen LogP) is 9.00. The number of anilines is 1. The second-order valence-electron chi connectivity index (χ2n) is 7.85. The number of halogens is 6. The number of thiocarbonyl (C=S) groups is 1. The zero-order chi connectivity index (χ0) is 27.6. The highest BCUT2D eigenvalue weighted by atomic mass is 127. The molecule has 1 heterocycles. The maximum atomic E-state index is 13.2. The van der Waals surface area contributed by atoms with Crippen LogP contribution in [0.3, 0.4) is 0 Å². The van der Waals surface area contributed by atoms with E-state index in [1.807, 2.05) is 6.92 Å². The summed E-state index contributed by atoms with van der Waals surface area (Å²) in [5, 5.41) is 0.996. The van der Waals surface area contributed by atoms with Crippen LogP contribution in [0.2, 0.25) is 10.0 Å². The number of thioether (sulfide) groups is 1. The smallest absolute Gasteiger partial charge is 0.416 e. The van der Waals surface area contributed by atoms with Crippen molar-refractivity contribution >= 4 is 91.8 Å². The quantitative estimate of drug-likeness (QED) is 0.139. The molecule has 0 bridgehead atoms. The van der Waals surface area contributed by atoms with Crippen molar-refractivity contribution in [1.82, 2.24) is 0 Å². The number of hydrogen-bond acceptors (Lipinski definition) is 5. The van der Waals surface area contributed by atoms with Gasteiger partial charge in [0.1, 0.15) is 6.61 Å². The first-order valence-electron chi connectivity index (χ1n) is 11.0. The Bertz CT molecular complexity index is 1450. The lowest BCUT2D eigenvalue weighted by molar-refractivity contribution is -0.137. The highest BCUT2D eigenvalue weighted by molar-refractivity contribution is 14.1. The molecule has 1 fully saturated rings. The van der Waals surface area contributed by atoms with Crippen molar-refractivity contribution in [2.75, 3.05) is 11.5 Å². The maximum Gasteiger partial charge on any atom is 0.416 e. The highest BCUT2D eigenvalue weighted by Crippen LogP contribution is 2.40. The molecule has 1 amide bonds. The highest BCUT2D eigenvalue weighted by Gasteiger charge is 2.36. The first-order chi connectivity index (χ1) is 18.0. The van der Waals surface area contributed by atoms with Gasteiger partial charge in [-0.05, 0) is 83.6 Å². The van der Waals surface area contributed by atoms with E-state index in [2.05, 4.69) is 22.6 Å². The number of benzene rings is 3. The van der Waals surface area contributed by atoms with Gasteiger partial charge in [-0.3, -0.25) is 9.69 Å². The molecule has 1 aliphatic rings. The van der Waals surface area contributed by atoms with Crippen LogP contribution in [0.4, 0.5) is 18.9 Å². The van der Waals surface area contributed by atoms with Crippen molar-refractivity contribution in [3.63, 3.8) is 0 Å². The van der Waals surface area contributed by atoms with Crippen molar-refractivity contribution in [3.8, 4) is 11.5 Å². The minimum absolute atomic E-state index is 0.0555. The maximum absolute atomic E-state index is 13.2. The number of nitrogens with zero attached hydrogens (tertiary/aromatic N) is 1. The number of hydrogen-bond donors (Lipinski definition) is 0. The first kappa shape index (κ1) is 29.0. The van der Waals surface area contributed by atoms with Crippen LogP contribution in [0.5, 0.6) is 11.5 Å². The molecule has 4 rings (SSSR count). The Labute approximate surface area is 250 Å². The summed E-state index contributed by atoms with van der Waals surface area (Å²) >= 11 is 20.7. The van der Waals surface area contributed by atoms with E-state index >= 15 is 0 Å². The summed E-state index contributed by atoms with van der Waals surface area (Å²) in [6.45, 7) is 2.38. The van der Waals surface area contributed by atoms with Crippen molar-refractivity contribution in [3.05, 3.63) is 89.8 Å². The standard InChI is InChI=1S/C26H17Cl2F3INO3S2/c1-2-35-21-9-14(8-20(32)23(21)36-13-15-6-7-17(27)12-19(15)28)10-22-24(34)33(25(37)38-22)18-5-3-4-16(11-18)26(29,30)31/h3-12H,2,13H2,1H3/b22-10-. The van der Waals surface area contributed by atoms with Crippen molar-refractivity contribution in [2.45, 2.75) is 19.7 Å². The topological polar surface area (TPSA) is 38.8 Å². The van der Waals surface area contributed by atoms with E-state index in [0.29, 0.717) is 33.7 Å². The van der Waals surface area contributed by atoms with Gasteiger partial charge >= 0.3 is 6.18 Å². The molecule has 3 aromatic rings. The van der Waals surface area contributed by atoms with Gasteiger partial charge in [-0.1, -0.05) is 59.3 Å².